The summed E-state index contributed by atoms with van der Waals surface area (Å²) in [6, 6.07) is 10.9. The SMILES string of the molecule is O=c1c2ccccc2nc(SCc2nnc(-c3ccco3)o2)n1C[C@@H]1CCCO1. The van der Waals surface area contributed by atoms with Crippen molar-refractivity contribution in [3.8, 4) is 11.7 Å². The van der Waals surface area contributed by atoms with E-state index in [1.807, 2.05) is 18.2 Å². The third-order valence-electron chi connectivity index (χ3n) is 4.76. The molecule has 4 heterocycles. The normalized spacial score (nSPS) is 16.6. The molecule has 0 amide bonds. The minimum atomic E-state index is -0.0598. The molecular weight excluding hydrogens is 392 g/mol. The first kappa shape index (κ1) is 18.1. The lowest BCUT2D eigenvalue weighted by atomic mass is 10.2. The Balaban J connectivity index is 1.44. The van der Waals surface area contributed by atoms with Crippen LogP contribution in [-0.2, 0) is 17.0 Å². The highest BCUT2D eigenvalue weighted by Crippen LogP contribution is 2.25. The molecule has 4 aromatic rings. The molecule has 1 atom stereocenters. The summed E-state index contributed by atoms with van der Waals surface area (Å²) in [5.41, 5.74) is 0.612. The van der Waals surface area contributed by atoms with Crippen molar-refractivity contribution in [1.29, 1.82) is 0 Å². The first-order chi connectivity index (χ1) is 14.3. The van der Waals surface area contributed by atoms with Gasteiger partial charge in [0.05, 0.1) is 35.6 Å². The Hall–Kier alpha value is -2.91. The summed E-state index contributed by atoms with van der Waals surface area (Å²) < 4.78 is 18.4. The second kappa shape index (κ2) is 7.84. The Bertz CT molecular complexity index is 1180. The van der Waals surface area contributed by atoms with E-state index in [2.05, 4.69) is 10.2 Å². The zero-order valence-electron chi connectivity index (χ0n) is 15.5. The van der Waals surface area contributed by atoms with Gasteiger partial charge in [0.1, 0.15) is 0 Å². The molecule has 0 bridgehead atoms. The van der Waals surface area contributed by atoms with Crippen molar-refractivity contribution >= 4 is 22.7 Å². The summed E-state index contributed by atoms with van der Waals surface area (Å²) in [7, 11) is 0. The number of rotatable bonds is 6. The maximum absolute atomic E-state index is 13.1. The maximum Gasteiger partial charge on any atom is 0.283 e. The Labute approximate surface area is 169 Å². The molecule has 1 saturated heterocycles. The van der Waals surface area contributed by atoms with Gasteiger partial charge in [0.25, 0.3) is 11.4 Å². The van der Waals surface area contributed by atoms with Crippen LogP contribution in [0.3, 0.4) is 0 Å². The highest BCUT2D eigenvalue weighted by molar-refractivity contribution is 7.98. The lowest BCUT2D eigenvalue weighted by Gasteiger charge is -2.16. The maximum atomic E-state index is 13.1. The smallest absolute Gasteiger partial charge is 0.283 e. The van der Waals surface area contributed by atoms with Crippen LogP contribution >= 0.6 is 11.8 Å². The van der Waals surface area contributed by atoms with Crippen LogP contribution in [0.25, 0.3) is 22.6 Å². The van der Waals surface area contributed by atoms with Gasteiger partial charge < -0.3 is 13.6 Å². The third kappa shape index (κ3) is 3.70. The molecule has 1 aliphatic heterocycles. The van der Waals surface area contributed by atoms with Gasteiger partial charge in [0.2, 0.25) is 5.89 Å². The van der Waals surface area contributed by atoms with Crippen molar-refractivity contribution in [3.05, 3.63) is 58.9 Å². The first-order valence-electron chi connectivity index (χ1n) is 9.38. The number of para-hydroxylation sites is 1. The lowest BCUT2D eigenvalue weighted by Crippen LogP contribution is -2.28. The summed E-state index contributed by atoms with van der Waals surface area (Å²) >= 11 is 1.39. The fraction of sp³-hybridized carbons (Fsp3) is 0.300. The molecule has 0 aliphatic carbocycles. The number of ether oxygens (including phenoxy) is 1. The number of furan rings is 1. The number of benzene rings is 1. The van der Waals surface area contributed by atoms with Gasteiger partial charge in [0, 0.05) is 6.61 Å². The van der Waals surface area contributed by atoms with Crippen LogP contribution in [0, 0.1) is 0 Å². The van der Waals surface area contributed by atoms with Crippen LogP contribution in [0.2, 0.25) is 0 Å². The summed E-state index contributed by atoms with van der Waals surface area (Å²) in [4.78, 5) is 17.8. The van der Waals surface area contributed by atoms with E-state index in [4.69, 9.17) is 18.6 Å². The van der Waals surface area contributed by atoms with Gasteiger partial charge in [-0.25, -0.2) is 4.98 Å². The number of nitrogens with zero attached hydrogens (tertiary/aromatic N) is 4. The fourth-order valence-corrected chi connectivity index (χ4v) is 4.19. The molecule has 1 aliphatic rings. The molecule has 0 N–H and O–H groups in total. The zero-order valence-corrected chi connectivity index (χ0v) is 16.3. The predicted octanol–water partition coefficient (Wildman–Crippen LogP) is 3.51. The van der Waals surface area contributed by atoms with E-state index in [-0.39, 0.29) is 11.7 Å². The Morgan fingerprint density at radius 2 is 2.10 bits per heavy atom. The molecule has 148 valence electrons. The average molecular weight is 410 g/mol. The van der Waals surface area contributed by atoms with Crippen molar-refractivity contribution in [2.24, 2.45) is 0 Å². The summed E-state index contributed by atoms with van der Waals surface area (Å²) in [6.07, 6.45) is 3.54. The van der Waals surface area contributed by atoms with Gasteiger partial charge in [-0.05, 0) is 37.1 Å². The van der Waals surface area contributed by atoms with Crippen molar-refractivity contribution < 1.29 is 13.6 Å². The van der Waals surface area contributed by atoms with E-state index in [9.17, 15) is 4.79 Å². The van der Waals surface area contributed by atoms with Gasteiger partial charge in [0.15, 0.2) is 10.9 Å². The van der Waals surface area contributed by atoms with Gasteiger partial charge in [-0.1, -0.05) is 23.9 Å². The highest BCUT2D eigenvalue weighted by Gasteiger charge is 2.21. The number of thioether (sulfide) groups is 1. The Morgan fingerprint density at radius 3 is 2.93 bits per heavy atom. The molecule has 0 radical (unpaired) electrons. The van der Waals surface area contributed by atoms with Crippen molar-refractivity contribution in [1.82, 2.24) is 19.7 Å². The van der Waals surface area contributed by atoms with Crippen LogP contribution in [0.4, 0.5) is 0 Å². The third-order valence-corrected chi connectivity index (χ3v) is 5.72. The molecule has 0 spiro atoms. The van der Waals surface area contributed by atoms with Crippen LogP contribution in [-0.4, -0.2) is 32.5 Å². The Morgan fingerprint density at radius 1 is 1.17 bits per heavy atom. The monoisotopic (exact) mass is 410 g/mol. The lowest BCUT2D eigenvalue weighted by molar-refractivity contribution is 0.0937. The van der Waals surface area contributed by atoms with E-state index in [1.165, 1.54) is 11.8 Å². The highest BCUT2D eigenvalue weighted by atomic mass is 32.2. The summed E-state index contributed by atoms with van der Waals surface area (Å²) in [6.45, 7) is 1.22. The predicted molar refractivity (Wildman–Crippen MR) is 107 cm³/mol. The second-order valence-electron chi connectivity index (χ2n) is 6.73. The fourth-order valence-electron chi connectivity index (χ4n) is 3.35. The molecule has 1 aromatic carbocycles. The van der Waals surface area contributed by atoms with Gasteiger partial charge in [-0.2, -0.15) is 0 Å². The van der Waals surface area contributed by atoms with E-state index in [1.54, 1.807) is 29.0 Å². The number of fused-ring (bicyclic) bond motifs is 1. The van der Waals surface area contributed by atoms with Crippen LogP contribution < -0.4 is 5.56 Å². The summed E-state index contributed by atoms with van der Waals surface area (Å²) in [5.74, 6) is 1.68. The van der Waals surface area contributed by atoms with Crippen LogP contribution in [0.15, 0.2) is 61.4 Å². The topological polar surface area (TPSA) is 96.2 Å². The molecule has 3 aromatic heterocycles. The zero-order chi connectivity index (χ0) is 19.6. The van der Waals surface area contributed by atoms with Crippen LogP contribution in [0.1, 0.15) is 18.7 Å². The quantitative estimate of drug-likeness (QED) is 0.352. The van der Waals surface area contributed by atoms with Gasteiger partial charge in [-0.3, -0.25) is 9.36 Å². The molecule has 5 rings (SSSR count). The molecule has 0 unspecified atom stereocenters. The first-order valence-corrected chi connectivity index (χ1v) is 10.4. The minimum Gasteiger partial charge on any atom is -0.459 e. The van der Waals surface area contributed by atoms with Crippen molar-refractivity contribution in [3.63, 3.8) is 0 Å². The minimum absolute atomic E-state index is 0.0315. The van der Waals surface area contributed by atoms with Gasteiger partial charge >= 0.3 is 0 Å². The van der Waals surface area contributed by atoms with Crippen LogP contribution in [0.5, 0.6) is 0 Å². The van der Waals surface area contributed by atoms with E-state index >= 15 is 0 Å². The molecule has 8 nitrogen and oxygen atoms in total. The summed E-state index contributed by atoms with van der Waals surface area (Å²) in [5, 5.41) is 9.30. The number of aromatic nitrogens is 4. The molecular formula is C20H18N4O4S. The number of hydrogen-bond acceptors (Lipinski definition) is 8. The molecule has 0 saturated carbocycles. The average Bonchev–Trinajstić information content (AvgIpc) is 3.51. The van der Waals surface area contributed by atoms with Gasteiger partial charge in [-0.15, -0.1) is 10.2 Å². The van der Waals surface area contributed by atoms with E-state index < -0.39 is 0 Å². The largest absolute Gasteiger partial charge is 0.459 e. The van der Waals surface area contributed by atoms with E-state index in [0.717, 1.165) is 19.4 Å². The van der Waals surface area contributed by atoms with E-state index in [0.29, 0.717) is 45.9 Å². The number of hydrogen-bond donors (Lipinski definition) is 0. The molecule has 29 heavy (non-hydrogen) atoms. The molecule has 1 fully saturated rings. The molecule has 9 heteroatoms. The van der Waals surface area contributed by atoms with Crippen molar-refractivity contribution in [2.45, 2.75) is 36.4 Å². The standard InChI is InChI=1S/C20H18N4O4S/c25-19-14-6-1-2-7-15(14)21-20(24(19)11-13-5-3-9-26-13)29-12-17-22-23-18(28-17)16-8-4-10-27-16/h1-2,4,6-8,10,13H,3,5,9,11-12H2/t13-/m0/s1. The second-order valence-corrected chi connectivity index (χ2v) is 7.67. The Kier molecular flexibility index (Phi) is 4.91. The van der Waals surface area contributed by atoms with Crippen molar-refractivity contribution in [2.75, 3.05) is 6.61 Å².